The minimum absolute atomic E-state index is 0.0235. The molecule has 0 spiro atoms. The summed E-state index contributed by atoms with van der Waals surface area (Å²) in [5.41, 5.74) is 6.01. The molecule has 5 heteroatoms. The van der Waals surface area contributed by atoms with Gasteiger partial charge in [-0.25, -0.2) is 0 Å². The maximum Gasteiger partial charge on any atom is 0.196 e. The van der Waals surface area contributed by atoms with Crippen LogP contribution >= 0.6 is 0 Å². The highest BCUT2D eigenvalue weighted by molar-refractivity contribution is 6.28. The summed E-state index contributed by atoms with van der Waals surface area (Å²) in [6.07, 6.45) is 2.40. The molecule has 2 aliphatic rings. The number of piperidine rings is 1. The lowest BCUT2D eigenvalue weighted by Crippen LogP contribution is -2.34. The molecule has 0 saturated carbocycles. The van der Waals surface area contributed by atoms with Gasteiger partial charge in [-0.3, -0.25) is 4.79 Å². The topological polar surface area (TPSA) is 58.4 Å². The van der Waals surface area contributed by atoms with Crippen LogP contribution in [-0.2, 0) is 6.54 Å². The maximum atomic E-state index is 13.6. The Labute approximate surface area is 187 Å². The molecule has 6 rings (SSSR count). The molecule has 160 valence electrons. The van der Waals surface area contributed by atoms with E-state index in [4.69, 9.17) is 4.52 Å². The van der Waals surface area contributed by atoms with Crippen molar-refractivity contribution in [3.63, 3.8) is 0 Å². The Morgan fingerprint density at radius 2 is 1.88 bits per heavy atom. The Morgan fingerprint density at radius 1 is 1.09 bits per heavy atom. The molecule has 4 aromatic rings. The summed E-state index contributed by atoms with van der Waals surface area (Å²) in [4.78, 5) is 16.0. The fraction of sp³-hybridized carbons (Fsp3) is 0.259. The monoisotopic (exact) mass is 423 g/mol. The lowest BCUT2D eigenvalue weighted by molar-refractivity contribution is 0.104. The minimum Gasteiger partial charge on any atom is -0.380 e. The summed E-state index contributed by atoms with van der Waals surface area (Å²) in [7, 11) is 0. The highest BCUT2D eigenvalue weighted by Crippen LogP contribution is 2.46. The van der Waals surface area contributed by atoms with E-state index in [9.17, 15) is 4.79 Å². The van der Waals surface area contributed by atoms with Gasteiger partial charge in [0.25, 0.3) is 0 Å². The van der Waals surface area contributed by atoms with Crippen molar-refractivity contribution in [3.05, 3.63) is 77.4 Å². The molecule has 0 amide bonds. The van der Waals surface area contributed by atoms with Crippen LogP contribution in [0, 0.1) is 5.92 Å². The Morgan fingerprint density at radius 3 is 2.69 bits per heavy atom. The number of benzene rings is 3. The first-order chi connectivity index (χ1) is 15.7. The largest absolute Gasteiger partial charge is 0.380 e. The van der Waals surface area contributed by atoms with E-state index in [1.54, 1.807) is 0 Å². The van der Waals surface area contributed by atoms with Gasteiger partial charge in [0.05, 0.1) is 16.6 Å². The first-order valence-corrected chi connectivity index (χ1v) is 11.3. The van der Waals surface area contributed by atoms with Gasteiger partial charge in [-0.05, 0) is 30.4 Å². The second-order valence-corrected chi connectivity index (χ2v) is 8.96. The smallest absolute Gasteiger partial charge is 0.196 e. The lowest BCUT2D eigenvalue weighted by Gasteiger charge is -2.33. The average Bonchev–Trinajstić information content (AvgIpc) is 3.27. The standard InChI is InChI=1S/C27H25N3O2/c1-17-8-7-13-30(16-17)22-14-21(28-15-18-9-3-2-4-10-18)23-24-25(22)29-32-27(24)20-12-6-5-11-19(20)26(23)31/h2-6,9-12,14,17,28H,7-8,13,15-16H2,1H3/t17-/m0/s1. The van der Waals surface area contributed by atoms with Crippen molar-refractivity contribution in [2.24, 2.45) is 5.92 Å². The molecule has 1 N–H and O–H groups in total. The molecule has 0 radical (unpaired) electrons. The number of carbonyl (C=O) groups is 1. The molecule has 1 atom stereocenters. The van der Waals surface area contributed by atoms with Crippen molar-refractivity contribution in [1.82, 2.24) is 5.16 Å². The third-order valence-electron chi connectivity index (χ3n) is 6.70. The molecular weight excluding hydrogens is 398 g/mol. The van der Waals surface area contributed by atoms with Gasteiger partial charge in [-0.2, -0.15) is 0 Å². The van der Waals surface area contributed by atoms with Gasteiger partial charge in [0.2, 0.25) is 0 Å². The number of nitrogens with one attached hydrogen (secondary N) is 1. The number of rotatable bonds is 4. The molecule has 0 bridgehead atoms. The number of anilines is 2. The fourth-order valence-electron chi connectivity index (χ4n) is 5.12. The van der Waals surface area contributed by atoms with Crippen molar-refractivity contribution in [1.29, 1.82) is 0 Å². The lowest BCUT2D eigenvalue weighted by atomic mass is 9.86. The third kappa shape index (κ3) is 3.00. The maximum absolute atomic E-state index is 13.6. The molecule has 1 aromatic heterocycles. The second-order valence-electron chi connectivity index (χ2n) is 8.96. The summed E-state index contributed by atoms with van der Waals surface area (Å²) in [6.45, 7) is 4.91. The highest BCUT2D eigenvalue weighted by Gasteiger charge is 2.34. The first-order valence-electron chi connectivity index (χ1n) is 11.3. The van der Waals surface area contributed by atoms with E-state index in [2.05, 4.69) is 40.5 Å². The normalized spacial score (nSPS) is 17.5. The van der Waals surface area contributed by atoms with Crippen LogP contribution in [0.2, 0.25) is 0 Å². The number of hydrogen-bond donors (Lipinski definition) is 1. The van der Waals surface area contributed by atoms with Gasteiger partial charge in [0.15, 0.2) is 11.5 Å². The second kappa shape index (κ2) is 7.52. The quantitative estimate of drug-likeness (QED) is 0.391. The molecule has 2 heterocycles. The van der Waals surface area contributed by atoms with Gasteiger partial charge in [-0.15, -0.1) is 0 Å². The predicted octanol–water partition coefficient (Wildman–Crippen LogP) is 5.89. The van der Waals surface area contributed by atoms with Crippen LogP contribution in [-0.4, -0.2) is 24.0 Å². The number of hydrogen-bond acceptors (Lipinski definition) is 5. The van der Waals surface area contributed by atoms with Crippen LogP contribution in [0.4, 0.5) is 11.4 Å². The molecular formula is C27H25N3O2. The molecule has 1 fully saturated rings. The van der Waals surface area contributed by atoms with E-state index in [0.717, 1.165) is 47.4 Å². The van der Waals surface area contributed by atoms with Gasteiger partial charge in [0.1, 0.15) is 5.52 Å². The van der Waals surface area contributed by atoms with Crippen molar-refractivity contribution in [2.45, 2.75) is 26.3 Å². The van der Waals surface area contributed by atoms with Gasteiger partial charge in [-0.1, -0.05) is 66.7 Å². The summed E-state index contributed by atoms with van der Waals surface area (Å²) < 4.78 is 5.89. The third-order valence-corrected chi connectivity index (χ3v) is 6.70. The molecule has 5 nitrogen and oxygen atoms in total. The zero-order valence-electron chi connectivity index (χ0n) is 18.1. The van der Waals surface area contributed by atoms with E-state index in [1.165, 1.54) is 12.0 Å². The fourth-order valence-corrected chi connectivity index (χ4v) is 5.12. The van der Waals surface area contributed by atoms with E-state index in [0.29, 0.717) is 29.3 Å². The first kappa shape index (κ1) is 19.1. The van der Waals surface area contributed by atoms with Crippen molar-refractivity contribution in [2.75, 3.05) is 23.3 Å². The summed E-state index contributed by atoms with van der Waals surface area (Å²) in [5, 5.41) is 8.88. The SMILES string of the molecule is C[C@H]1CCCN(c2cc(NCc3ccccc3)c3c4c(onc24)-c2ccccc2C3=O)C1. The molecule has 0 unspecified atom stereocenters. The van der Waals surface area contributed by atoms with E-state index in [-0.39, 0.29) is 5.78 Å². The Balaban J connectivity index is 1.54. The van der Waals surface area contributed by atoms with Gasteiger partial charge < -0.3 is 14.7 Å². The predicted molar refractivity (Wildman–Crippen MR) is 127 cm³/mol. The van der Waals surface area contributed by atoms with Crippen LogP contribution in [0.15, 0.2) is 65.2 Å². The molecule has 1 saturated heterocycles. The summed E-state index contributed by atoms with van der Waals surface area (Å²) in [6, 6.07) is 20.0. The number of fused-ring (bicyclic) bond motifs is 2. The van der Waals surface area contributed by atoms with Crippen LogP contribution < -0.4 is 10.2 Å². The zero-order valence-corrected chi connectivity index (χ0v) is 18.1. The number of aromatic nitrogens is 1. The molecule has 3 aromatic carbocycles. The molecule has 32 heavy (non-hydrogen) atoms. The van der Waals surface area contributed by atoms with Crippen molar-refractivity contribution in [3.8, 4) is 11.3 Å². The summed E-state index contributed by atoms with van der Waals surface area (Å²) in [5.74, 6) is 1.34. The number of carbonyl (C=O) groups excluding carboxylic acids is 1. The zero-order chi connectivity index (χ0) is 21.7. The van der Waals surface area contributed by atoms with Crippen LogP contribution in [0.3, 0.4) is 0 Å². The molecule has 1 aliphatic carbocycles. The van der Waals surface area contributed by atoms with Gasteiger partial charge in [0, 0.05) is 36.4 Å². The van der Waals surface area contributed by atoms with Gasteiger partial charge >= 0.3 is 0 Å². The average molecular weight is 424 g/mol. The highest BCUT2D eigenvalue weighted by atomic mass is 16.5. The Hall–Kier alpha value is -3.60. The molecule has 1 aliphatic heterocycles. The van der Waals surface area contributed by atoms with Crippen LogP contribution in [0.1, 0.15) is 41.3 Å². The van der Waals surface area contributed by atoms with Crippen molar-refractivity contribution < 1.29 is 9.32 Å². The summed E-state index contributed by atoms with van der Waals surface area (Å²) >= 11 is 0. The van der Waals surface area contributed by atoms with E-state index in [1.807, 2.05) is 42.5 Å². The number of ketones is 1. The van der Waals surface area contributed by atoms with Crippen molar-refractivity contribution >= 4 is 28.1 Å². The Kier molecular flexibility index (Phi) is 4.49. The van der Waals surface area contributed by atoms with E-state index >= 15 is 0 Å². The van der Waals surface area contributed by atoms with Crippen LogP contribution in [0.5, 0.6) is 0 Å². The van der Waals surface area contributed by atoms with Crippen LogP contribution in [0.25, 0.3) is 22.2 Å². The number of nitrogens with zero attached hydrogens (tertiary/aromatic N) is 2. The van der Waals surface area contributed by atoms with E-state index < -0.39 is 0 Å². The minimum atomic E-state index is 0.0235. The Bertz CT molecular complexity index is 1330.